The summed E-state index contributed by atoms with van der Waals surface area (Å²) in [5.74, 6) is -0.876. The van der Waals surface area contributed by atoms with Gasteiger partial charge in [0.2, 0.25) is 5.91 Å². The number of carboxylic acid groups (broad SMARTS) is 1. The first-order valence-corrected chi connectivity index (χ1v) is 31.1. The third kappa shape index (κ3) is 12.4. The number of methoxy groups -OCH3 is 2. The van der Waals surface area contributed by atoms with Crippen LogP contribution in [-0.4, -0.2) is 149 Å². The predicted molar refractivity (Wildman–Crippen MR) is 324 cm³/mol. The number of carbonyl (C=O) groups excluding carboxylic acids is 4. The van der Waals surface area contributed by atoms with Gasteiger partial charge < -0.3 is 33.5 Å². The van der Waals surface area contributed by atoms with Crippen LogP contribution in [0.25, 0.3) is 56.5 Å². The number of nitrogens with one attached hydrogen (secondary N) is 2. The summed E-state index contributed by atoms with van der Waals surface area (Å²) in [6, 6.07) is 22.0. The van der Waals surface area contributed by atoms with Gasteiger partial charge in [0.05, 0.1) is 44.3 Å². The number of rotatable bonds is 15. The number of carboxylic acids is 1. The average molecular weight is 1190 g/mol. The van der Waals surface area contributed by atoms with Crippen LogP contribution in [0.2, 0.25) is 0 Å². The van der Waals surface area contributed by atoms with Crippen molar-refractivity contribution in [2.24, 2.45) is 0 Å². The molecule has 0 saturated heterocycles. The topological polar surface area (TPSA) is 239 Å². The molecule has 6 aromatic rings. The van der Waals surface area contributed by atoms with E-state index in [1.807, 2.05) is 59.2 Å². The van der Waals surface area contributed by atoms with E-state index in [4.69, 9.17) is 9.47 Å². The van der Waals surface area contributed by atoms with Crippen LogP contribution in [0.3, 0.4) is 0 Å². The highest BCUT2D eigenvalue weighted by Crippen LogP contribution is 2.49. The standard InChI is InChI=1S/C34H43N5O6S.C28H31N3O6S/c1-22(40)37(4)16-17-38(5)34(42)26-18-25-19-27(45-6)13-15-28(25)32-31(23-10-8-7-9-11-23)29-14-12-24(20-30(29)39(32)21-26)33(41)35-46(43,44)36(2)3;1-30(2)38(35,36)29-27(32)18-9-11-23-24(15-18)31-16-20(28(33)34)13-19-14-21(37-3)10-12-22(19)26(31)25(23)17-7-5-4-6-8-17/h12-15,18-20,23H,7-11,16-17,21H2,1-6H3,(H,35,41);9-15,17H,4-8,16H2,1-3H3,(H,29,32)(H,33,34). The summed E-state index contributed by atoms with van der Waals surface area (Å²) in [6.07, 6.45) is 14.6. The van der Waals surface area contributed by atoms with E-state index >= 15 is 0 Å². The third-order valence-corrected chi connectivity index (χ3v) is 19.5. The van der Waals surface area contributed by atoms with Gasteiger partial charge in [0, 0.05) is 112 Å². The second-order valence-corrected chi connectivity index (χ2v) is 26.3. The quantitative estimate of drug-likeness (QED) is 0.0876. The molecular weight excluding hydrogens is 1110 g/mol. The Morgan fingerprint density at radius 1 is 0.560 bits per heavy atom. The first-order valence-electron chi connectivity index (χ1n) is 28.2. The van der Waals surface area contributed by atoms with Gasteiger partial charge in [-0.05, 0) is 133 Å². The second kappa shape index (κ2) is 24.8. The van der Waals surface area contributed by atoms with Crippen molar-refractivity contribution in [2.75, 3.05) is 69.6 Å². The molecule has 4 heterocycles. The molecule has 2 aromatic heterocycles. The summed E-state index contributed by atoms with van der Waals surface area (Å²) in [6.45, 7) is 2.59. The molecule has 2 aliphatic heterocycles. The molecule has 2 aliphatic carbocycles. The van der Waals surface area contributed by atoms with Gasteiger partial charge in [-0.1, -0.05) is 50.7 Å². The van der Waals surface area contributed by atoms with E-state index in [2.05, 4.69) is 14.0 Å². The van der Waals surface area contributed by atoms with Crippen LogP contribution >= 0.6 is 0 Å². The molecule has 10 rings (SSSR count). The molecule has 4 amide bonds. The maximum atomic E-state index is 14.0. The summed E-state index contributed by atoms with van der Waals surface area (Å²) >= 11 is 0. The number of fused-ring (bicyclic) bond motifs is 10. The molecule has 0 spiro atoms. The highest BCUT2D eigenvalue weighted by Gasteiger charge is 2.34. The Bertz CT molecular complexity index is 3900. The first kappa shape index (κ1) is 60.8. The lowest BCUT2D eigenvalue weighted by atomic mass is 9.81. The first-order chi connectivity index (χ1) is 39.9. The van der Waals surface area contributed by atoms with Gasteiger partial charge in [0.25, 0.3) is 17.7 Å². The van der Waals surface area contributed by atoms with Crippen molar-refractivity contribution in [1.29, 1.82) is 0 Å². The Morgan fingerprint density at radius 2 is 0.964 bits per heavy atom. The van der Waals surface area contributed by atoms with Gasteiger partial charge in [-0.3, -0.25) is 19.2 Å². The number of benzene rings is 4. The van der Waals surface area contributed by atoms with Crippen LogP contribution in [0.4, 0.5) is 0 Å². The molecular formula is C62H74N8O12S2. The van der Waals surface area contributed by atoms with Gasteiger partial charge in [-0.25, -0.2) is 14.2 Å². The highest BCUT2D eigenvalue weighted by molar-refractivity contribution is 7.88. The minimum absolute atomic E-state index is 0.0764. The van der Waals surface area contributed by atoms with Crippen molar-refractivity contribution < 1.29 is 55.4 Å². The monoisotopic (exact) mass is 1190 g/mol. The van der Waals surface area contributed by atoms with Gasteiger partial charge >= 0.3 is 26.4 Å². The molecule has 0 radical (unpaired) electrons. The zero-order chi connectivity index (χ0) is 60.5. The van der Waals surface area contributed by atoms with Crippen molar-refractivity contribution in [3.8, 4) is 34.0 Å². The lowest BCUT2D eigenvalue weighted by Crippen LogP contribution is -2.39. The SMILES string of the molecule is COc1ccc2c(c1)C=C(C(=O)N(C)CCN(C)C(C)=O)Cn1c-2c(C2CCCCC2)c2ccc(C(=O)NS(=O)(=O)N(C)C)cc21.COc1ccc2c(c1)C=C(C(=O)O)Cn1c-2c(C2CCCCC2)c2ccc(C(=O)NS(=O)(=O)N(C)C)cc21. The molecule has 4 aliphatic rings. The highest BCUT2D eigenvalue weighted by atomic mass is 32.2. The van der Waals surface area contributed by atoms with Crippen molar-refractivity contribution in [3.63, 3.8) is 0 Å². The molecule has 446 valence electrons. The molecule has 4 aromatic carbocycles. The number of aromatic nitrogens is 2. The van der Waals surface area contributed by atoms with Crippen molar-refractivity contribution in [1.82, 2.24) is 37.0 Å². The van der Waals surface area contributed by atoms with Gasteiger partial charge in [-0.2, -0.15) is 25.4 Å². The summed E-state index contributed by atoms with van der Waals surface area (Å²) in [5, 5.41) is 12.0. The number of aliphatic carboxylic acids is 1. The fourth-order valence-electron chi connectivity index (χ4n) is 12.0. The smallest absolute Gasteiger partial charge is 0.333 e. The minimum atomic E-state index is -4.00. The number of likely N-dealkylation sites (N-methyl/N-ethyl adjacent to an activating group) is 2. The van der Waals surface area contributed by atoms with Crippen LogP contribution in [0.15, 0.2) is 83.9 Å². The Balaban J connectivity index is 0.000000205. The van der Waals surface area contributed by atoms with Gasteiger partial charge in [0.15, 0.2) is 0 Å². The average Bonchev–Trinajstić information content (AvgIpc) is 1.99. The number of amides is 4. The maximum absolute atomic E-state index is 14.0. The Morgan fingerprint density at radius 3 is 1.36 bits per heavy atom. The van der Waals surface area contributed by atoms with Gasteiger partial charge in [0.1, 0.15) is 11.5 Å². The van der Waals surface area contributed by atoms with E-state index in [9.17, 15) is 45.9 Å². The summed E-state index contributed by atoms with van der Waals surface area (Å²) in [4.78, 5) is 67.4. The van der Waals surface area contributed by atoms with Crippen molar-refractivity contribution >= 4 is 84.0 Å². The summed E-state index contributed by atoms with van der Waals surface area (Å²) < 4.78 is 70.7. The fourth-order valence-corrected chi connectivity index (χ4v) is 13.0. The third-order valence-electron chi connectivity index (χ3n) is 16.7. The number of nitrogens with zero attached hydrogens (tertiary/aromatic N) is 6. The van der Waals surface area contributed by atoms with Crippen LogP contribution in [-0.2, 0) is 47.9 Å². The molecule has 3 N–H and O–H groups in total. The maximum Gasteiger partial charge on any atom is 0.333 e. The van der Waals surface area contributed by atoms with E-state index in [0.717, 1.165) is 115 Å². The minimum Gasteiger partial charge on any atom is -0.497 e. The Hall–Kier alpha value is -7.79. The molecule has 0 atom stereocenters. The Kier molecular flexibility index (Phi) is 18.0. The van der Waals surface area contributed by atoms with Crippen molar-refractivity contribution in [3.05, 3.63) is 117 Å². The van der Waals surface area contributed by atoms with Crippen LogP contribution in [0, 0.1) is 0 Å². The normalized spacial score (nSPS) is 15.5. The molecule has 20 nitrogen and oxygen atoms in total. The molecule has 2 fully saturated rings. The largest absolute Gasteiger partial charge is 0.497 e. The zero-order valence-electron chi connectivity index (χ0n) is 49.1. The lowest BCUT2D eigenvalue weighted by Gasteiger charge is -2.24. The number of hydrogen-bond donors (Lipinski definition) is 3. The summed E-state index contributed by atoms with van der Waals surface area (Å²) in [5.41, 5.74) is 10.3. The molecule has 0 unspecified atom stereocenters. The number of hydrogen-bond acceptors (Lipinski definition) is 11. The zero-order valence-corrected chi connectivity index (χ0v) is 50.7. The van der Waals surface area contributed by atoms with Crippen LogP contribution in [0.5, 0.6) is 11.5 Å². The lowest BCUT2D eigenvalue weighted by molar-refractivity contribution is -0.132. The fraction of sp³-hybridized carbons (Fsp3) is 0.403. The van der Waals surface area contributed by atoms with Gasteiger partial charge in [-0.15, -0.1) is 0 Å². The van der Waals surface area contributed by atoms with E-state index < -0.39 is 38.2 Å². The van der Waals surface area contributed by atoms with E-state index in [-0.39, 0.29) is 47.5 Å². The predicted octanol–water partition coefficient (Wildman–Crippen LogP) is 8.62. The summed E-state index contributed by atoms with van der Waals surface area (Å²) in [7, 11) is 4.05. The second-order valence-electron chi connectivity index (χ2n) is 22.5. The van der Waals surface area contributed by atoms with Crippen molar-refractivity contribution in [2.45, 2.75) is 96.1 Å². The Labute approximate surface area is 491 Å². The molecule has 0 bridgehead atoms. The van der Waals surface area contributed by atoms with E-state index in [0.29, 0.717) is 41.6 Å². The number of ether oxygens (including phenoxy) is 2. The van der Waals surface area contributed by atoms with E-state index in [1.165, 1.54) is 53.5 Å². The van der Waals surface area contributed by atoms with Crippen LogP contribution in [0.1, 0.15) is 126 Å². The molecule has 84 heavy (non-hydrogen) atoms. The molecule has 2 saturated carbocycles. The van der Waals surface area contributed by atoms with E-state index in [1.54, 1.807) is 68.5 Å². The molecule has 22 heteroatoms. The van der Waals surface area contributed by atoms with Crippen LogP contribution < -0.4 is 18.9 Å². The number of carbonyl (C=O) groups is 5.